The third kappa shape index (κ3) is 4.22. The lowest BCUT2D eigenvalue weighted by Crippen LogP contribution is -2.38. The van der Waals surface area contributed by atoms with Crippen LogP contribution in [0.3, 0.4) is 0 Å². The predicted molar refractivity (Wildman–Crippen MR) is 117 cm³/mol. The van der Waals surface area contributed by atoms with Crippen molar-refractivity contribution in [3.63, 3.8) is 0 Å². The zero-order valence-electron chi connectivity index (χ0n) is 18.9. The van der Waals surface area contributed by atoms with Crippen molar-refractivity contribution < 1.29 is 37.0 Å². The molecule has 2 aromatic carbocycles. The topological polar surface area (TPSA) is 73.9 Å². The molecule has 2 aliphatic rings. The van der Waals surface area contributed by atoms with Crippen LogP contribution in [-0.4, -0.2) is 33.0 Å². The molecule has 0 saturated carbocycles. The second-order valence-corrected chi connectivity index (χ2v) is 8.27. The number of hydrogen-bond donors (Lipinski definition) is 1. The molecule has 1 aliphatic carbocycles. The number of rotatable bonds is 5. The van der Waals surface area contributed by atoms with Crippen LogP contribution in [0.25, 0.3) is 0 Å². The molecule has 4 rings (SSSR count). The van der Waals surface area contributed by atoms with E-state index in [1.807, 2.05) is 0 Å². The number of Topliss-reactive ketones (excluding diaryl/α,β-unsaturated/α-hetero) is 1. The average molecular weight is 475 g/mol. The molecule has 34 heavy (non-hydrogen) atoms. The van der Waals surface area contributed by atoms with Crippen LogP contribution in [0.4, 0.5) is 13.2 Å². The number of carbonyl (C=O) groups is 2. The summed E-state index contributed by atoms with van der Waals surface area (Å²) in [6.07, 6.45) is -4.44. The van der Waals surface area contributed by atoms with E-state index >= 15 is 0 Å². The summed E-state index contributed by atoms with van der Waals surface area (Å²) in [6, 6.07) is 8.60. The number of carbonyl (C=O) groups excluding carboxylic acids is 2. The van der Waals surface area contributed by atoms with Crippen LogP contribution in [0.1, 0.15) is 47.8 Å². The Balaban J connectivity index is 1.76. The summed E-state index contributed by atoms with van der Waals surface area (Å²) < 4.78 is 57.2. The van der Waals surface area contributed by atoms with E-state index in [4.69, 9.17) is 14.2 Å². The summed E-state index contributed by atoms with van der Waals surface area (Å²) in [7, 11) is 4.45. The normalized spacial score (nSPS) is 20.5. The molecule has 0 bridgehead atoms. The van der Waals surface area contributed by atoms with Crippen LogP contribution in [0.2, 0.25) is 0 Å². The number of alkyl halides is 3. The number of benzene rings is 2. The molecule has 0 radical (unpaired) electrons. The maximum atomic E-state index is 13.7. The Hall–Kier alpha value is -3.49. The Kier molecular flexibility index (Phi) is 6.29. The number of ketones is 1. The highest BCUT2D eigenvalue weighted by Crippen LogP contribution is 2.47. The van der Waals surface area contributed by atoms with Gasteiger partial charge in [0.2, 0.25) is 11.7 Å². The lowest BCUT2D eigenvalue weighted by molar-refractivity contribution is -0.138. The molecule has 1 heterocycles. The van der Waals surface area contributed by atoms with Gasteiger partial charge in [-0.1, -0.05) is 18.2 Å². The molecule has 180 valence electrons. The second-order valence-electron chi connectivity index (χ2n) is 8.27. The number of halogens is 3. The van der Waals surface area contributed by atoms with Gasteiger partial charge in [0, 0.05) is 30.0 Å². The molecule has 1 amide bonds. The van der Waals surface area contributed by atoms with E-state index in [0.717, 1.165) is 11.6 Å². The monoisotopic (exact) mass is 475 g/mol. The van der Waals surface area contributed by atoms with E-state index in [2.05, 4.69) is 5.32 Å². The molecule has 2 atom stereocenters. The highest BCUT2D eigenvalue weighted by molar-refractivity contribution is 6.02. The Morgan fingerprint density at radius 2 is 1.56 bits per heavy atom. The van der Waals surface area contributed by atoms with Gasteiger partial charge in [-0.2, -0.15) is 13.2 Å². The standard InChI is InChI=1S/C25H24F3NO5/c1-32-20-10-14(11-21(33-2)24(20)34-3)13-8-18-23(19(30)9-13)16(12-22(31)29-18)15-6-4-5-7-17(15)25(26,27)28/h4-7,10-11,13,16H,8-9,12H2,1-3H3,(H,29,31)/t13-,16+/m0/s1. The molecule has 9 heteroatoms. The third-order valence-electron chi connectivity index (χ3n) is 6.34. The highest BCUT2D eigenvalue weighted by Gasteiger charge is 2.42. The summed E-state index contributed by atoms with van der Waals surface area (Å²) in [4.78, 5) is 25.8. The number of hydrogen-bond acceptors (Lipinski definition) is 5. The molecule has 0 saturated heterocycles. The minimum absolute atomic E-state index is 0.0584. The lowest BCUT2D eigenvalue weighted by Gasteiger charge is -2.35. The molecule has 2 aromatic rings. The molecular formula is C25H24F3NO5. The molecule has 1 N–H and O–H groups in total. The van der Waals surface area contributed by atoms with Gasteiger partial charge < -0.3 is 19.5 Å². The molecule has 6 nitrogen and oxygen atoms in total. The smallest absolute Gasteiger partial charge is 0.416 e. The molecule has 0 aromatic heterocycles. The lowest BCUT2D eigenvalue weighted by atomic mass is 9.72. The van der Waals surface area contributed by atoms with Gasteiger partial charge in [-0.25, -0.2) is 0 Å². The Morgan fingerprint density at radius 1 is 0.912 bits per heavy atom. The van der Waals surface area contributed by atoms with Crippen molar-refractivity contribution in [2.24, 2.45) is 0 Å². The predicted octanol–water partition coefficient (Wildman–Crippen LogP) is 4.74. The summed E-state index contributed by atoms with van der Waals surface area (Å²) in [5.74, 6) is -0.721. The highest BCUT2D eigenvalue weighted by atomic mass is 19.4. The van der Waals surface area contributed by atoms with Crippen LogP contribution in [0.5, 0.6) is 17.2 Å². The molecule has 1 aliphatic heterocycles. The average Bonchev–Trinajstić information content (AvgIpc) is 2.81. The Bertz CT molecular complexity index is 1150. The number of methoxy groups -OCH3 is 3. The first kappa shape index (κ1) is 23.7. The van der Waals surface area contributed by atoms with Gasteiger partial charge in [0.25, 0.3) is 0 Å². The molecule has 0 unspecified atom stereocenters. The van der Waals surface area contributed by atoms with E-state index in [9.17, 15) is 22.8 Å². The van der Waals surface area contributed by atoms with Crippen LogP contribution in [0.15, 0.2) is 47.7 Å². The fraction of sp³-hybridized carbons (Fsp3) is 0.360. The van der Waals surface area contributed by atoms with Crippen LogP contribution < -0.4 is 19.5 Å². The van der Waals surface area contributed by atoms with Gasteiger partial charge in [-0.3, -0.25) is 9.59 Å². The van der Waals surface area contributed by atoms with Crippen molar-refractivity contribution in [1.29, 1.82) is 0 Å². The van der Waals surface area contributed by atoms with Gasteiger partial charge in [0.1, 0.15) is 0 Å². The fourth-order valence-corrected chi connectivity index (χ4v) is 4.86. The third-order valence-corrected chi connectivity index (χ3v) is 6.34. The Morgan fingerprint density at radius 3 is 2.15 bits per heavy atom. The van der Waals surface area contributed by atoms with Crippen LogP contribution in [-0.2, 0) is 15.8 Å². The Labute approximate surface area is 194 Å². The van der Waals surface area contributed by atoms with Gasteiger partial charge >= 0.3 is 6.18 Å². The van der Waals surface area contributed by atoms with Crippen molar-refractivity contribution in [2.45, 2.75) is 37.3 Å². The van der Waals surface area contributed by atoms with Gasteiger partial charge in [-0.05, 0) is 41.7 Å². The molecular weight excluding hydrogens is 451 g/mol. The number of ether oxygens (including phenoxy) is 3. The molecule has 0 spiro atoms. The number of allylic oxidation sites excluding steroid dienone is 2. The van der Waals surface area contributed by atoms with E-state index < -0.39 is 23.6 Å². The minimum atomic E-state index is -4.60. The van der Waals surface area contributed by atoms with Gasteiger partial charge in [0.15, 0.2) is 17.3 Å². The van der Waals surface area contributed by atoms with E-state index in [0.29, 0.717) is 22.9 Å². The van der Waals surface area contributed by atoms with Crippen LogP contribution in [0, 0.1) is 0 Å². The molecule has 0 fully saturated rings. The SMILES string of the molecule is COc1cc([C@@H]2CC(=O)C3=C(C2)NC(=O)C[C@@H]3c2ccccc2C(F)(F)F)cc(OC)c1OC. The largest absolute Gasteiger partial charge is 0.493 e. The summed E-state index contributed by atoms with van der Waals surface area (Å²) >= 11 is 0. The van der Waals surface area contributed by atoms with Crippen molar-refractivity contribution >= 4 is 11.7 Å². The maximum absolute atomic E-state index is 13.7. The second kappa shape index (κ2) is 9.04. The minimum Gasteiger partial charge on any atom is -0.493 e. The van der Waals surface area contributed by atoms with Gasteiger partial charge in [0.05, 0.1) is 26.9 Å². The van der Waals surface area contributed by atoms with Crippen molar-refractivity contribution in [3.05, 3.63) is 64.4 Å². The number of nitrogens with one attached hydrogen (secondary N) is 1. The zero-order chi connectivity index (χ0) is 24.6. The first-order chi connectivity index (χ1) is 16.2. The van der Waals surface area contributed by atoms with Gasteiger partial charge in [-0.15, -0.1) is 0 Å². The van der Waals surface area contributed by atoms with E-state index in [1.165, 1.54) is 39.5 Å². The summed E-state index contributed by atoms with van der Waals surface area (Å²) in [6.45, 7) is 0. The summed E-state index contributed by atoms with van der Waals surface area (Å²) in [5, 5.41) is 2.74. The fourth-order valence-electron chi connectivity index (χ4n) is 4.86. The van der Waals surface area contributed by atoms with E-state index in [1.54, 1.807) is 12.1 Å². The number of amides is 1. The van der Waals surface area contributed by atoms with E-state index in [-0.39, 0.29) is 42.1 Å². The van der Waals surface area contributed by atoms with Crippen molar-refractivity contribution in [3.8, 4) is 17.2 Å². The summed E-state index contributed by atoms with van der Waals surface area (Å²) in [5.41, 5.74) is 0.465. The van der Waals surface area contributed by atoms with Crippen molar-refractivity contribution in [1.82, 2.24) is 5.32 Å². The zero-order valence-corrected chi connectivity index (χ0v) is 18.9. The maximum Gasteiger partial charge on any atom is 0.416 e. The first-order valence-corrected chi connectivity index (χ1v) is 10.7. The van der Waals surface area contributed by atoms with Crippen LogP contribution >= 0.6 is 0 Å². The first-order valence-electron chi connectivity index (χ1n) is 10.7. The quantitative estimate of drug-likeness (QED) is 0.677. The van der Waals surface area contributed by atoms with Crippen molar-refractivity contribution in [2.75, 3.05) is 21.3 Å².